The number of rotatable bonds is 7. The molecule has 0 saturated heterocycles. The molecule has 0 bridgehead atoms. The Morgan fingerprint density at radius 3 is 2.75 bits per heavy atom. The Balaban J connectivity index is 2.35. The Morgan fingerprint density at radius 1 is 1.50 bits per heavy atom. The predicted molar refractivity (Wildman–Crippen MR) is 73.8 cm³/mol. The van der Waals surface area contributed by atoms with Crippen molar-refractivity contribution >= 4 is 29.3 Å². The maximum absolute atomic E-state index is 11.6. The standard InChI is InChI=1S/C12H16ClN3O4/c1-16(10-3-2-8(13)6-15-10)7-11(18)14-5-4-9(17)12(19)20/h2-3,6,9,17H,4-5,7H2,1H3,(H,14,18)(H,19,20)/t9-/m0/s1. The Bertz CT molecular complexity index is 466. The summed E-state index contributed by atoms with van der Waals surface area (Å²) < 4.78 is 0. The molecule has 0 aromatic carbocycles. The van der Waals surface area contributed by atoms with Gasteiger partial charge in [0, 0.05) is 26.2 Å². The van der Waals surface area contributed by atoms with Crippen molar-refractivity contribution in [1.82, 2.24) is 10.3 Å². The molecule has 0 aliphatic rings. The van der Waals surface area contributed by atoms with Crippen LogP contribution in [0.25, 0.3) is 0 Å². The van der Waals surface area contributed by atoms with Gasteiger partial charge >= 0.3 is 5.97 Å². The minimum Gasteiger partial charge on any atom is -0.479 e. The minimum absolute atomic E-state index is 0.0377. The smallest absolute Gasteiger partial charge is 0.332 e. The maximum atomic E-state index is 11.6. The minimum atomic E-state index is -1.47. The van der Waals surface area contributed by atoms with Crippen molar-refractivity contribution in [2.45, 2.75) is 12.5 Å². The van der Waals surface area contributed by atoms with Crippen LogP contribution in [-0.2, 0) is 9.59 Å². The van der Waals surface area contributed by atoms with E-state index < -0.39 is 12.1 Å². The molecule has 0 aliphatic carbocycles. The lowest BCUT2D eigenvalue weighted by Gasteiger charge is -2.17. The molecule has 20 heavy (non-hydrogen) atoms. The molecular weight excluding hydrogens is 286 g/mol. The average molecular weight is 302 g/mol. The number of amides is 1. The van der Waals surface area contributed by atoms with Crippen LogP contribution in [0.5, 0.6) is 0 Å². The molecule has 1 heterocycles. The second-order valence-corrected chi connectivity index (χ2v) is 4.62. The zero-order valence-corrected chi connectivity index (χ0v) is 11.7. The van der Waals surface area contributed by atoms with Crippen molar-refractivity contribution in [2.24, 2.45) is 0 Å². The maximum Gasteiger partial charge on any atom is 0.332 e. The summed E-state index contributed by atoms with van der Waals surface area (Å²) in [6.45, 7) is 0.159. The number of pyridine rings is 1. The molecule has 1 amide bonds. The van der Waals surface area contributed by atoms with Crippen molar-refractivity contribution in [3.63, 3.8) is 0 Å². The Morgan fingerprint density at radius 2 is 2.20 bits per heavy atom. The van der Waals surface area contributed by atoms with Gasteiger partial charge in [0.05, 0.1) is 11.6 Å². The second-order valence-electron chi connectivity index (χ2n) is 4.18. The van der Waals surface area contributed by atoms with Gasteiger partial charge in [-0.2, -0.15) is 0 Å². The number of anilines is 1. The van der Waals surface area contributed by atoms with Crippen molar-refractivity contribution in [3.8, 4) is 0 Å². The molecule has 8 heteroatoms. The summed E-state index contributed by atoms with van der Waals surface area (Å²) in [4.78, 5) is 27.7. The first-order chi connectivity index (χ1) is 9.40. The molecule has 1 aromatic heterocycles. The molecule has 3 N–H and O–H groups in total. The molecule has 110 valence electrons. The number of aliphatic hydroxyl groups is 1. The van der Waals surface area contributed by atoms with Crippen molar-refractivity contribution < 1.29 is 19.8 Å². The number of carbonyl (C=O) groups excluding carboxylic acids is 1. The Hall–Kier alpha value is -1.86. The van der Waals surface area contributed by atoms with Crippen LogP contribution in [0.15, 0.2) is 18.3 Å². The monoisotopic (exact) mass is 301 g/mol. The third kappa shape index (κ3) is 5.41. The van der Waals surface area contributed by atoms with Crippen LogP contribution in [0.3, 0.4) is 0 Å². The molecule has 7 nitrogen and oxygen atoms in total. The van der Waals surface area contributed by atoms with Crippen LogP contribution in [0, 0.1) is 0 Å². The number of carbonyl (C=O) groups is 2. The highest BCUT2D eigenvalue weighted by molar-refractivity contribution is 6.30. The van der Waals surface area contributed by atoms with E-state index in [1.807, 2.05) is 0 Å². The number of hydrogen-bond acceptors (Lipinski definition) is 5. The fourth-order valence-electron chi connectivity index (χ4n) is 1.42. The number of halogens is 1. The first-order valence-electron chi connectivity index (χ1n) is 5.90. The molecule has 0 aliphatic heterocycles. The quantitative estimate of drug-likeness (QED) is 0.661. The third-order valence-corrected chi connectivity index (χ3v) is 2.73. The van der Waals surface area contributed by atoms with E-state index in [1.54, 1.807) is 24.1 Å². The highest BCUT2D eigenvalue weighted by atomic mass is 35.5. The number of carboxylic acid groups (broad SMARTS) is 1. The van der Waals surface area contributed by atoms with Crippen molar-refractivity contribution in [2.75, 3.05) is 25.0 Å². The Labute approximate surface area is 121 Å². The van der Waals surface area contributed by atoms with Gasteiger partial charge in [-0.25, -0.2) is 9.78 Å². The first kappa shape index (κ1) is 16.2. The summed E-state index contributed by atoms with van der Waals surface area (Å²) in [5.74, 6) is -1.00. The number of hydrogen-bond donors (Lipinski definition) is 3. The van der Waals surface area contributed by atoms with Gasteiger partial charge in [0.2, 0.25) is 5.91 Å². The number of aliphatic carboxylic acids is 1. The largest absolute Gasteiger partial charge is 0.479 e. The van der Waals surface area contributed by atoms with Crippen LogP contribution in [-0.4, -0.2) is 53.3 Å². The molecular formula is C12H16ClN3O4. The van der Waals surface area contributed by atoms with E-state index in [-0.39, 0.29) is 25.4 Å². The van der Waals surface area contributed by atoms with Crippen LogP contribution >= 0.6 is 11.6 Å². The van der Waals surface area contributed by atoms with E-state index in [4.69, 9.17) is 21.8 Å². The molecule has 1 rings (SSSR count). The lowest BCUT2D eigenvalue weighted by Crippen LogP contribution is -2.37. The number of nitrogens with zero attached hydrogens (tertiary/aromatic N) is 2. The summed E-state index contributed by atoms with van der Waals surface area (Å²) in [7, 11) is 1.70. The van der Waals surface area contributed by atoms with E-state index in [0.717, 1.165) is 0 Å². The van der Waals surface area contributed by atoms with Crippen LogP contribution < -0.4 is 10.2 Å². The van der Waals surface area contributed by atoms with Crippen LogP contribution in [0.4, 0.5) is 5.82 Å². The van der Waals surface area contributed by atoms with Gasteiger partial charge in [-0.3, -0.25) is 4.79 Å². The van der Waals surface area contributed by atoms with Gasteiger partial charge in [-0.15, -0.1) is 0 Å². The average Bonchev–Trinajstić information content (AvgIpc) is 2.39. The molecule has 0 fully saturated rings. The first-order valence-corrected chi connectivity index (χ1v) is 6.28. The van der Waals surface area contributed by atoms with Crippen molar-refractivity contribution in [1.29, 1.82) is 0 Å². The van der Waals surface area contributed by atoms with E-state index in [1.165, 1.54) is 6.20 Å². The van der Waals surface area contributed by atoms with Crippen LogP contribution in [0.2, 0.25) is 5.02 Å². The lowest BCUT2D eigenvalue weighted by atomic mass is 10.2. The zero-order valence-electron chi connectivity index (χ0n) is 10.9. The van der Waals surface area contributed by atoms with E-state index in [2.05, 4.69) is 10.3 Å². The predicted octanol–water partition coefficient (Wildman–Crippen LogP) is 0.123. The molecule has 0 unspecified atom stereocenters. The number of carboxylic acids is 1. The summed E-state index contributed by atoms with van der Waals surface area (Å²) in [5.41, 5.74) is 0. The number of aliphatic hydroxyl groups excluding tert-OH is 1. The van der Waals surface area contributed by atoms with Gasteiger partial charge in [-0.1, -0.05) is 11.6 Å². The van der Waals surface area contributed by atoms with Gasteiger partial charge in [0.25, 0.3) is 0 Å². The number of aromatic nitrogens is 1. The zero-order chi connectivity index (χ0) is 15.1. The molecule has 0 spiro atoms. The van der Waals surface area contributed by atoms with Crippen LogP contribution in [0.1, 0.15) is 6.42 Å². The van der Waals surface area contributed by atoms with Gasteiger partial charge < -0.3 is 20.4 Å². The third-order valence-electron chi connectivity index (χ3n) is 2.51. The van der Waals surface area contributed by atoms with E-state index in [0.29, 0.717) is 10.8 Å². The van der Waals surface area contributed by atoms with Gasteiger partial charge in [0.1, 0.15) is 5.82 Å². The highest BCUT2D eigenvalue weighted by Gasteiger charge is 2.13. The normalized spacial score (nSPS) is 11.8. The van der Waals surface area contributed by atoms with Gasteiger partial charge in [-0.05, 0) is 12.1 Å². The summed E-state index contributed by atoms with van der Waals surface area (Å²) >= 11 is 5.71. The number of nitrogens with one attached hydrogen (secondary N) is 1. The fourth-order valence-corrected chi connectivity index (χ4v) is 1.53. The summed E-state index contributed by atoms with van der Waals surface area (Å²) in [5, 5.41) is 20.5. The fraction of sp³-hybridized carbons (Fsp3) is 0.417. The lowest BCUT2D eigenvalue weighted by molar-refractivity contribution is -0.147. The molecule has 1 atom stereocenters. The molecule has 0 radical (unpaired) electrons. The Kier molecular flexibility index (Phi) is 6.20. The van der Waals surface area contributed by atoms with Crippen molar-refractivity contribution in [3.05, 3.63) is 23.4 Å². The second kappa shape index (κ2) is 7.66. The summed E-state index contributed by atoms with van der Waals surface area (Å²) in [6.07, 6.45) is -0.0238. The molecule has 0 saturated carbocycles. The van der Waals surface area contributed by atoms with E-state index in [9.17, 15) is 9.59 Å². The molecule has 1 aromatic rings. The number of likely N-dealkylation sites (N-methyl/N-ethyl adjacent to an activating group) is 1. The van der Waals surface area contributed by atoms with Gasteiger partial charge in [0.15, 0.2) is 6.10 Å². The topological polar surface area (TPSA) is 103 Å². The van der Waals surface area contributed by atoms with E-state index >= 15 is 0 Å². The highest BCUT2D eigenvalue weighted by Crippen LogP contribution is 2.12. The summed E-state index contributed by atoms with van der Waals surface area (Å²) in [6, 6.07) is 3.35. The SMILES string of the molecule is CN(CC(=O)NCC[C@H](O)C(=O)O)c1ccc(Cl)cn1.